The molecular formula is C23H19N5O2. The second kappa shape index (κ2) is 8.83. The third kappa shape index (κ3) is 4.59. The molecule has 30 heavy (non-hydrogen) atoms. The summed E-state index contributed by atoms with van der Waals surface area (Å²) in [6, 6.07) is 20.3. The Morgan fingerprint density at radius 2 is 1.80 bits per heavy atom. The molecule has 0 bridgehead atoms. The van der Waals surface area contributed by atoms with Gasteiger partial charge in [-0.1, -0.05) is 24.3 Å². The predicted molar refractivity (Wildman–Crippen MR) is 116 cm³/mol. The number of ether oxygens (including phenoxy) is 1. The molecule has 2 aromatic heterocycles. The number of pyridine rings is 1. The van der Waals surface area contributed by atoms with Crippen LogP contribution >= 0.6 is 0 Å². The number of benzene rings is 2. The highest BCUT2D eigenvalue weighted by atomic mass is 16.5. The summed E-state index contributed by atoms with van der Waals surface area (Å²) in [5.41, 5.74) is 1.83. The van der Waals surface area contributed by atoms with Gasteiger partial charge < -0.3 is 14.6 Å². The summed E-state index contributed by atoms with van der Waals surface area (Å²) in [5, 5.41) is 2.89. The summed E-state index contributed by atoms with van der Waals surface area (Å²) < 4.78 is 7.47. The lowest BCUT2D eigenvalue weighted by Crippen LogP contribution is -2.15. The highest BCUT2D eigenvalue weighted by Gasteiger charge is 2.17. The van der Waals surface area contributed by atoms with E-state index in [1.54, 1.807) is 48.7 Å². The van der Waals surface area contributed by atoms with E-state index >= 15 is 0 Å². The van der Waals surface area contributed by atoms with Crippen LogP contribution in [0.3, 0.4) is 0 Å². The van der Waals surface area contributed by atoms with Crippen molar-refractivity contribution in [2.75, 3.05) is 5.32 Å². The molecule has 0 saturated carbocycles. The lowest BCUT2D eigenvalue weighted by molar-refractivity contribution is 0.102. The minimum atomic E-state index is -0.311. The molecule has 0 aliphatic heterocycles. The van der Waals surface area contributed by atoms with Crippen LogP contribution in [0, 0.1) is 0 Å². The Morgan fingerprint density at radius 1 is 1.03 bits per heavy atom. The van der Waals surface area contributed by atoms with Gasteiger partial charge in [-0.15, -0.1) is 0 Å². The molecular weight excluding hydrogens is 378 g/mol. The quantitative estimate of drug-likeness (QED) is 0.482. The molecule has 0 radical (unpaired) electrons. The largest absolute Gasteiger partial charge is 0.457 e. The SMILES string of the molecule is Cn1cnc(/N=C/c2ccncc2)c1C(=O)Nc1cccc(Oc2ccccc2)c1. The van der Waals surface area contributed by atoms with Crippen molar-refractivity contribution in [3.8, 4) is 11.5 Å². The van der Waals surface area contributed by atoms with Crippen molar-refractivity contribution in [1.82, 2.24) is 14.5 Å². The van der Waals surface area contributed by atoms with Crippen molar-refractivity contribution in [3.05, 3.63) is 96.7 Å². The summed E-state index contributed by atoms with van der Waals surface area (Å²) in [5.74, 6) is 1.37. The van der Waals surface area contributed by atoms with Crippen LogP contribution in [0.2, 0.25) is 0 Å². The van der Waals surface area contributed by atoms with E-state index < -0.39 is 0 Å². The van der Waals surface area contributed by atoms with E-state index in [-0.39, 0.29) is 5.91 Å². The molecule has 0 spiro atoms. The van der Waals surface area contributed by atoms with Gasteiger partial charge in [-0.3, -0.25) is 9.78 Å². The molecule has 0 atom stereocenters. The summed E-state index contributed by atoms with van der Waals surface area (Å²) >= 11 is 0. The van der Waals surface area contributed by atoms with Gasteiger partial charge in [0.15, 0.2) is 11.5 Å². The van der Waals surface area contributed by atoms with E-state index in [0.29, 0.717) is 22.9 Å². The third-order valence-electron chi connectivity index (χ3n) is 4.25. The number of para-hydroxylation sites is 1. The monoisotopic (exact) mass is 397 g/mol. The highest BCUT2D eigenvalue weighted by Crippen LogP contribution is 2.25. The van der Waals surface area contributed by atoms with Gasteiger partial charge in [0.25, 0.3) is 5.91 Å². The molecule has 1 amide bonds. The first-order valence-corrected chi connectivity index (χ1v) is 9.29. The van der Waals surface area contributed by atoms with Gasteiger partial charge in [-0.2, -0.15) is 0 Å². The van der Waals surface area contributed by atoms with Crippen molar-refractivity contribution in [2.45, 2.75) is 0 Å². The average Bonchev–Trinajstić information content (AvgIpc) is 3.14. The number of aryl methyl sites for hydroxylation is 1. The zero-order chi connectivity index (χ0) is 20.8. The van der Waals surface area contributed by atoms with E-state index in [1.807, 2.05) is 54.6 Å². The number of hydrogen-bond donors (Lipinski definition) is 1. The molecule has 0 fully saturated rings. The molecule has 1 N–H and O–H groups in total. The molecule has 4 rings (SSSR count). The first kappa shape index (κ1) is 19.1. The van der Waals surface area contributed by atoms with Crippen molar-refractivity contribution in [3.63, 3.8) is 0 Å². The van der Waals surface area contributed by atoms with E-state index in [1.165, 1.54) is 0 Å². The Balaban J connectivity index is 1.51. The second-order valence-electron chi connectivity index (χ2n) is 6.46. The highest BCUT2D eigenvalue weighted by molar-refractivity contribution is 6.06. The van der Waals surface area contributed by atoms with Gasteiger partial charge in [0.05, 0.1) is 6.33 Å². The Labute approximate surface area is 173 Å². The number of carbonyl (C=O) groups is 1. The maximum Gasteiger partial charge on any atom is 0.276 e. The standard InChI is InChI=1S/C23H19N5O2/c1-28-16-26-22(25-15-17-10-12-24-13-11-17)21(28)23(29)27-18-6-5-9-20(14-18)30-19-7-3-2-4-8-19/h2-16H,1H3,(H,27,29)/b25-15+. The Morgan fingerprint density at radius 3 is 2.60 bits per heavy atom. The molecule has 0 unspecified atom stereocenters. The minimum Gasteiger partial charge on any atom is -0.457 e. The number of nitrogens with one attached hydrogen (secondary N) is 1. The van der Waals surface area contributed by atoms with Gasteiger partial charge in [0.1, 0.15) is 11.5 Å². The van der Waals surface area contributed by atoms with Crippen LogP contribution in [0.5, 0.6) is 11.5 Å². The smallest absolute Gasteiger partial charge is 0.276 e. The summed E-state index contributed by atoms with van der Waals surface area (Å²) in [4.78, 5) is 25.5. The lowest BCUT2D eigenvalue weighted by atomic mass is 10.2. The number of rotatable bonds is 6. The number of aromatic nitrogens is 3. The molecule has 0 aliphatic carbocycles. The summed E-state index contributed by atoms with van der Waals surface area (Å²) in [6.07, 6.45) is 6.56. The Hall–Kier alpha value is -4.26. The number of aliphatic imine (C=N–C) groups is 1. The summed E-state index contributed by atoms with van der Waals surface area (Å²) in [7, 11) is 1.75. The van der Waals surface area contributed by atoms with Crippen LogP contribution in [0.15, 0.2) is 90.4 Å². The maximum absolute atomic E-state index is 12.9. The first-order valence-electron chi connectivity index (χ1n) is 9.29. The van der Waals surface area contributed by atoms with E-state index in [4.69, 9.17) is 4.74 Å². The molecule has 4 aromatic rings. The van der Waals surface area contributed by atoms with Crippen LogP contribution in [-0.2, 0) is 7.05 Å². The third-order valence-corrected chi connectivity index (χ3v) is 4.25. The van der Waals surface area contributed by atoms with Crippen LogP contribution < -0.4 is 10.1 Å². The van der Waals surface area contributed by atoms with Crippen molar-refractivity contribution in [1.29, 1.82) is 0 Å². The van der Waals surface area contributed by atoms with Gasteiger partial charge >= 0.3 is 0 Å². The van der Waals surface area contributed by atoms with Gasteiger partial charge in [-0.05, 0) is 42.0 Å². The number of carbonyl (C=O) groups excluding carboxylic acids is 1. The first-order chi connectivity index (χ1) is 14.7. The average molecular weight is 397 g/mol. The fourth-order valence-corrected chi connectivity index (χ4v) is 2.81. The number of hydrogen-bond acceptors (Lipinski definition) is 5. The van der Waals surface area contributed by atoms with E-state index in [9.17, 15) is 4.79 Å². The van der Waals surface area contributed by atoms with Crippen LogP contribution in [0.4, 0.5) is 11.5 Å². The Kier molecular flexibility index (Phi) is 5.61. The zero-order valence-corrected chi connectivity index (χ0v) is 16.3. The molecule has 0 aliphatic rings. The molecule has 148 valence electrons. The minimum absolute atomic E-state index is 0.311. The molecule has 2 heterocycles. The maximum atomic E-state index is 12.9. The number of nitrogens with zero attached hydrogens (tertiary/aromatic N) is 4. The number of anilines is 1. The Bertz CT molecular complexity index is 1170. The summed E-state index contributed by atoms with van der Waals surface area (Å²) in [6.45, 7) is 0. The fourth-order valence-electron chi connectivity index (χ4n) is 2.81. The normalized spacial score (nSPS) is 10.8. The van der Waals surface area contributed by atoms with Crippen LogP contribution in [0.1, 0.15) is 16.1 Å². The van der Waals surface area contributed by atoms with Gasteiger partial charge in [0.2, 0.25) is 0 Å². The van der Waals surface area contributed by atoms with Crippen molar-refractivity contribution in [2.24, 2.45) is 12.0 Å². The van der Waals surface area contributed by atoms with Crippen molar-refractivity contribution >= 4 is 23.6 Å². The number of imidazole rings is 1. The van der Waals surface area contributed by atoms with Crippen molar-refractivity contribution < 1.29 is 9.53 Å². The van der Waals surface area contributed by atoms with E-state index in [0.717, 1.165) is 11.3 Å². The number of amides is 1. The van der Waals surface area contributed by atoms with Gasteiger partial charge in [0, 0.05) is 37.4 Å². The van der Waals surface area contributed by atoms with Crippen LogP contribution in [-0.4, -0.2) is 26.7 Å². The second-order valence-corrected chi connectivity index (χ2v) is 6.46. The van der Waals surface area contributed by atoms with Crippen LogP contribution in [0.25, 0.3) is 0 Å². The molecule has 2 aromatic carbocycles. The topological polar surface area (TPSA) is 81.4 Å². The fraction of sp³-hybridized carbons (Fsp3) is 0.0435. The predicted octanol–water partition coefficient (Wildman–Crippen LogP) is 4.61. The van der Waals surface area contributed by atoms with Gasteiger partial charge in [-0.25, -0.2) is 9.98 Å². The zero-order valence-electron chi connectivity index (χ0n) is 16.3. The molecule has 7 heteroatoms. The lowest BCUT2D eigenvalue weighted by Gasteiger charge is -2.09. The molecule has 7 nitrogen and oxygen atoms in total. The van der Waals surface area contributed by atoms with E-state index in [2.05, 4.69) is 20.3 Å². The molecule has 0 saturated heterocycles.